The van der Waals surface area contributed by atoms with Crippen molar-refractivity contribution in [2.75, 3.05) is 24.5 Å². The number of ether oxygens (including phenoxy) is 1. The number of piperazine rings is 1. The smallest absolute Gasteiger partial charge is 0.140 e. The van der Waals surface area contributed by atoms with Crippen molar-refractivity contribution in [1.29, 1.82) is 0 Å². The summed E-state index contributed by atoms with van der Waals surface area (Å²) in [4.78, 5) is 2.15. The third-order valence-electron chi connectivity index (χ3n) is 2.79. The van der Waals surface area contributed by atoms with Gasteiger partial charge in [0.05, 0.1) is 11.1 Å². The monoisotopic (exact) mass is 288 g/mol. The molecule has 1 unspecified atom stereocenters. The standard InChI is InChI=1S/C13H18Cl2N2O/c1-9(2)18-12-7-10(3-4-11(12)14)17-6-5-16-8-13(17)15/h3-4,7,9,13,16H,5-6,8H2,1-2H3. The van der Waals surface area contributed by atoms with Gasteiger partial charge in [-0.1, -0.05) is 23.2 Å². The number of halogens is 2. The SMILES string of the molecule is CC(C)Oc1cc(N2CCNCC2Cl)ccc1Cl. The molecule has 18 heavy (non-hydrogen) atoms. The first kappa shape index (κ1) is 13.8. The molecule has 3 nitrogen and oxygen atoms in total. The number of rotatable bonds is 3. The Labute approximate surface area is 118 Å². The highest BCUT2D eigenvalue weighted by Gasteiger charge is 2.21. The van der Waals surface area contributed by atoms with Gasteiger partial charge >= 0.3 is 0 Å². The van der Waals surface area contributed by atoms with E-state index in [-0.39, 0.29) is 11.6 Å². The molecule has 0 aromatic heterocycles. The maximum Gasteiger partial charge on any atom is 0.140 e. The van der Waals surface area contributed by atoms with Crippen molar-refractivity contribution in [3.05, 3.63) is 23.2 Å². The summed E-state index contributed by atoms with van der Waals surface area (Å²) in [5, 5.41) is 3.89. The van der Waals surface area contributed by atoms with Crippen molar-refractivity contribution < 1.29 is 4.74 Å². The highest BCUT2D eigenvalue weighted by atomic mass is 35.5. The molecule has 1 aromatic rings. The van der Waals surface area contributed by atoms with Crippen molar-refractivity contribution in [1.82, 2.24) is 5.32 Å². The van der Waals surface area contributed by atoms with E-state index < -0.39 is 0 Å². The van der Waals surface area contributed by atoms with Gasteiger partial charge in [0.2, 0.25) is 0 Å². The minimum atomic E-state index is -0.0353. The molecule has 1 aliphatic heterocycles. The zero-order valence-corrected chi connectivity index (χ0v) is 12.1. The van der Waals surface area contributed by atoms with Gasteiger partial charge in [0.15, 0.2) is 0 Å². The second-order valence-corrected chi connectivity index (χ2v) is 5.52. The van der Waals surface area contributed by atoms with E-state index in [1.54, 1.807) is 0 Å². The molecule has 0 saturated carbocycles. The van der Waals surface area contributed by atoms with Gasteiger partial charge in [-0.15, -0.1) is 0 Å². The van der Waals surface area contributed by atoms with Gasteiger partial charge in [0.1, 0.15) is 11.3 Å². The second kappa shape index (κ2) is 6.00. The molecule has 1 aliphatic rings. The summed E-state index contributed by atoms with van der Waals surface area (Å²) < 4.78 is 5.69. The zero-order valence-electron chi connectivity index (χ0n) is 10.6. The van der Waals surface area contributed by atoms with Gasteiger partial charge in [-0.3, -0.25) is 0 Å². The van der Waals surface area contributed by atoms with Gasteiger partial charge in [0.25, 0.3) is 0 Å². The maximum atomic E-state index is 6.30. The average molecular weight is 289 g/mol. The van der Waals surface area contributed by atoms with Crippen LogP contribution < -0.4 is 15.0 Å². The average Bonchev–Trinajstić information content (AvgIpc) is 2.32. The molecule has 1 atom stereocenters. The van der Waals surface area contributed by atoms with Gasteiger partial charge < -0.3 is 15.0 Å². The Hall–Kier alpha value is -0.640. The van der Waals surface area contributed by atoms with Crippen LogP contribution in [0.3, 0.4) is 0 Å². The molecule has 2 rings (SSSR count). The fourth-order valence-corrected chi connectivity index (χ4v) is 2.46. The van der Waals surface area contributed by atoms with Crippen LogP contribution in [0.25, 0.3) is 0 Å². The number of alkyl halides is 1. The van der Waals surface area contributed by atoms with Crippen LogP contribution in [0.2, 0.25) is 5.02 Å². The Morgan fingerprint density at radius 3 is 2.89 bits per heavy atom. The van der Waals surface area contributed by atoms with Crippen LogP contribution in [-0.2, 0) is 0 Å². The lowest BCUT2D eigenvalue weighted by atomic mass is 10.2. The molecule has 1 N–H and O–H groups in total. The Balaban J connectivity index is 2.22. The van der Waals surface area contributed by atoms with Crippen LogP contribution in [0.5, 0.6) is 5.75 Å². The van der Waals surface area contributed by atoms with E-state index in [1.807, 2.05) is 32.0 Å². The molecule has 5 heteroatoms. The predicted molar refractivity (Wildman–Crippen MR) is 77.1 cm³/mol. The van der Waals surface area contributed by atoms with Crippen LogP contribution in [-0.4, -0.2) is 31.2 Å². The lowest BCUT2D eigenvalue weighted by Gasteiger charge is -2.34. The van der Waals surface area contributed by atoms with Crippen LogP contribution >= 0.6 is 23.2 Å². The highest BCUT2D eigenvalue weighted by Crippen LogP contribution is 2.31. The summed E-state index contributed by atoms with van der Waals surface area (Å²) >= 11 is 12.4. The van der Waals surface area contributed by atoms with E-state index in [2.05, 4.69) is 10.2 Å². The van der Waals surface area contributed by atoms with E-state index in [0.717, 1.165) is 25.3 Å². The minimum Gasteiger partial charge on any atom is -0.489 e. The molecule has 1 fully saturated rings. The van der Waals surface area contributed by atoms with E-state index in [9.17, 15) is 0 Å². The number of nitrogens with one attached hydrogen (secondary N) is 1. The normalized spacial score (nSPS) is 20.3. The molecule has 1 aromatic carbocycles. The summed E-state index contributed by atoms with van der Waals surface area (Å²) in [7, 11) is 0. The lowest BCUT2D eigenvalue weighted by Crippen LogP contribution is -2.48. The molecule has 1 saturated heterocycles. The van der Waals surface area contributed by atoms with Crippen LogP contribution in [0.4, 0.5) is 5.69 Å². The first-order valence-corrected chi connectivity index (χ1v) is 6.97. The summed E-state index contributed by atoms with van der Waals surface area (Å²) in [5.74, 6) is 0.714. The fourth-order valence-electron chi connectivity index (χ4n) is 1.98. The quantitative estimate of drug-likeness (QED) is 0.683. The molecule has 1 heterocycles. The van der Waals surface area contributed by atoms with Gasteiger partial charge in [0, 0.05) is 31.4 Å². The van der Waals surface area contributed by atoms with Crippen molar-refractivity contribution in [3.8, 4) is 5.75 Å². The summed E-state index contributed by atoms with van der Waals surface area (Å²) in [6, 6.07) is 5.81. The van der Waals surface area contributed by atoms with Crippen molar-refractivity contribution >= 4 is 28.9 Å². The number of hydrogen-bond acceptors (Lipinski definition) is 3. The molecule has 0 radical (unpaired) electrons. The fraction of sp³-hybridized carbons (Fsp3) is 0.538. The molecular formula is C13H18Cl2N2O. The van der Waals surface area contributed by atoms with Crippen molar-refractivity contribution in [2.45, 2.75) is 25.5 Å². The van der Waals surface area contributed by atoms with Gasteiger partial charge in [-0.2, -0.15) is 0 Å². The lowest BCUT2D eigenvalue weighted by molar-refractivity contribution is 0.242. The molecule has 0 spiro atoms. The Kier molecular flexibility index (Phi) is 4.60. The Morgan fingerprint density at radius 2 is 2.22 bits per heavy atom. The van der Waals surface area contributed by atoms with Crippen LogP contribution in [0, 0.1) is 0 Å². The topological polar surface area (TPSA) is 24.5 Å². The van der Waals surface area contributed by atoms with E-state index >= 15 is 0 Å². The summed E-state index contributed by atoms with van der Waals surface area (Å²) in [6.45, 7) is 6.57. The first-order chi connectivity index (χ1) is 8.58. The molecule has 0 bridgehead atoms. The largest absolute Gasteiger partial charge is 0.489 e. The van der Waals surface area contributed by atoms with Crippen molar-refractivity contribution in [3.63, 3.8) is 0 Å². The molecular weight excluding hydrogens is 271 g/mol. The number of nitrogens with zero attached hydrogens (tertiary/aromatic N) is 1. The second-order valence-electron chi connectivity index (χ2n) is 4.61. The third kappa shape index (κ3) is 3.22. The summed E-state index contributed by atoms with van der Waals surface area (Å²) in [6.07, 6.45) is 0.104. The van der Waals surface area contributed by atoms with E-state index in [0.29, 0.717) is 10.8 Å². The van der Waals surface area contributed by atoms with Crippen LogP contribution in [0.1, 0.15) is 13.8 Å². The van der Waals surface area contributed by atoms with Gasteiger partial charge in [-0.05, 0) is 26.0 Å². The minimum absolute atomic E-state index is 0.0353. The van der Waals surface area contributed by atoms with E-state index in [1.165, 1.54) is 0 Å². The predicted octanol–water partition coefficient (Wildman–Crippen LogP) is 3.10. The zero-order chi connectivity index (χ0) is 13.1. The van der Waals surface area contributed by atoms with Crippen molar-refractivity contribution in [2.24, 2.45) is 0 Å². The first-order valence-electron chi connectivity index (χ1n) is 6.15. The number of hydrogen-bond donors (Lipinski definition) is 1. The molecule has 0 aliphatic carbocycles. The third-order valence-corrected chi connectivity index (χ3v) is 3.49. The number of benzene rings is 1. The van der Waals surface area contributed by atoms with E-state index in [4.69, 9.17) is 27.9 Å². The molecule has 0 amide bonds. The summed E-state index contributed by atoms with van der Waals surface area (Å²) in [5.41, 5.74) is 1.02. The highest BCUT2D eigenvalue weighted by molar-refractivity contribution is 6.32. The van der Waals surface area contributed by atoms with Gasteiger partial charge in [-0.25, -0.2) is 0 Å². The Bertz CT molecular complexity index is 412. The van der Waals surface area contributed by atoms with Crippen LogP contribution in [0.15, 0.2) is 18.2 Å². The Morgan fingerprint density at radius 1 is 1.44 bits per heavy atom. The molecule has 100 valence electrons. The maximum absolute atomic E-state index is 6.30. The number of anilines is 1.